The van der Waals surface area contributed by atoms with E-state index in [0.717, 1.165) is 0 Å². The molecule has 0 amide bonds. The summed E-state index contributed by atoms with van der Waals surface area (Å²) in [6.07, 6.45) is 6.29. The summed E-state index contributed by atoms with van der Waals surface area (Å²) in [5, 5.41) is 0. The van der Waals surface area contributed by atoms with E-state index in [2.05, 4.69) is 34.6 Å². The van der Waals surface area contributed by atoms with Gasteiger partial charge in [-0.25, -0.2) is 0 Å². The second-order valence-corrected chi connectivity index (χ2v) is 5.89. The Hall–Kier alpha value is 0.943. The predicted octanol–water partition coefficient (Wildman–Crippen LogP) is -0.858. The maximum atomic E-state index is 2.37. The first-order chi connectivity index (χ1) is 7.62. The predicted molar refractivity (Wildman–Crippen MR) is 67.9 cm³/mol. The summed E-state index contributed by atoms with van der Waals surface area (Å²) in [6, 6.07) is 0. The van der Waals surface area contributed by atoms with Gasteiger partial charge in [-0.2, -0.15) is 0 Å². The Morgan fingerprint density at radius 2 is 1.22 bits per heavy atom. The van der Waals surface area contributed by atoms with E-state index in [1.54, 1.807) is 44.7 Å². The van der Waals surface area contributed by atoms with E-state index < -0.39 is 0 Å². The van der Waals surface area contributed by atoms with Gasteiger partial charge in [0.2, 0.25) is 0 Å². The third kappa shape index (κ3) is 3.16. The quantitative estimate of drug-likeness (QED) is 0.594. The van der Waals surface area contributed by atoms with Crippen molar-refractivity contribution in [2.75, 3.05) is 0 Å². The topological polar surface area (TPSA) is 0 Å². The van der Waals surface area contributed by atoms with Crippen LogP contribution in [0.4, 0.5) is 0 Å². The first-order valence-corrected chi connectivity index (χ1v) is 8.03. The smallest absolute Gasteiger partial charge is 1.00 e. The van der Waals surface area contributed by atoms with Gasteiger partial charge in [0.1, 0.15) is 0 Å². The molecule has 0 heterocycles. The third-order valence-corrected chi connectivity index (χ3v) is 6.27. The normalized spacial score (nSPS) is 17.7. The largest absolute Gasteiger partial charge is 1.00 e. The van der Waals surface area contributed by atoms with Gasteiger partial charge in [-0.3, -0.25) is 0 Å². The van der Waals surface area contributed by atoms with E-state index in [9.17, 15) is 0 Å². The monoisotopic (exact) mass is 365 g/mol. The van der Waals surface area contributed by atoms with Crippen LogP contribution in [-0.4, -0.2) is 0 Å². The Morgan fingerprint density at radius 3 is 1.50 bits per heavy atom. The summed E-state index contributed by atoms with van der Waals surface area (Å²) in [7, 11) is 0. The maximum Gasteiger partial charge on any atom is -1.00 e. The van der Waals surface area contributed by atoms with Crippen molar-refractivity contribution in [3.05, 3.63) is 20.0 Å². The molecule has 0 fully saturated rings. The maximum absolute atomic E-state index is 2.37. The van der Waals surface area contributed by atoms with Crippen molar-refractivity contribution in [1.82, 2.24) is 0 Å². The summed E-state index contributed by atoms with van der Waals surface area (Å²) < 4.78 is 1.76. The van der Waals surface area contributed by atoms with Crippen molar-refractivity contribution >= 4 is 0 Å². The zero-order valence-corrected chi connectivity index (χ0v) is 16.3. The minimum atomic E-state index is 0. The fraction of sp³-hybridized carbons (Fsp3) is 0.733. The van der Waals surface area contributed by atoms with Crippen molar-refractivity contribution in [2.45, 2.75) is 66.7 Å². The van der Waals surface area contributed by atoms with E-state index in [4.69, 9.17) is 0 Å². The molecule has 0 aliphatic heterocycles. The van der Waals surface area contributed by atoms with Gasteiger partial charge >= 0.3 is 117 Å². The van der Waals surface area contributed by atoms with Gasteiger partial charge in [0.15, 0.2) is 0 Å². The minimum absolute atomic E-state index is 0. The number of halogens is 2. The van der Waals surface area contributed by atoms with Crippen LogP contribution in [0, 0.1) is 5.41 Å². The average molecular weight is 367 g/mol. The Kier molecular flexibility index (Phi) is 10.6. The van der Waals surface area contributed by atoms with E-state index in [0.29, 0.717) is 5.41 Å². The molecule has 0 nitrogen and oxygen atoms in total. The zero-order valence-electron chi connectivity index (χ0n) is 12.3. The fourth-order valence-electron chi connectivity index (χ4n) is 3.46. The molecule has 0 saturated carbocycles. The van der Waals surface area contributed by atoms with E-state index >= 15 is 0 Å². The molecule has 3 heteroatoms. The number of hydrogen-bond acceptors (Lipinski definition) is 0. The Labute approximate surface area is 141 Å². The molecule has 1 aliphatic carbocycles. The molecule has 0 aromatic rings. The minimum Gasteiger partial charge on any atom is -1.00 e. The van der Waals surface area contributed by atoms with Gasteiger partial charge in [0.05, 0.1) is 0 Å². The van der Waals surface area contributed by atoms with Crippen LogP contribution in [0.1, 0.15) is 66.7 Å². The molecule has 0 unspecified atom stereocenters. The van der Waals surface area contributed by atoms with Crippen LogP contribution in [0.25, 0.3) is 0 Å². The first kappa shape index (κ1) is 21.2. The van der Waals surface area contributed by atoms with Gasteiger partial charge in [-0.15, -0.1) is 0 Å². The molecular formula is C15H25Cl2Zr. The molecule has 103 valence electrons. The molecule has 18 heavy (non-hydrogen) atoms. The van der Waals surface area contributed by atoms with Crippen molar-refractivity contribution in [3.8, 4) is 0 Å². The van der Waals surface area contributed by atoms with Gasteiger partial charge in [-0.05, 0) is 0 Å². The van der Waals surface area contributed by atoms with Gasteiger partial charge in [-0.1, -0.05) is 0 Å². The van der Waals surface area contributed by atoms with Crippen LogP contribution in [0.15, 0.2) is 20.0 Å². The van der Waals surface area contributed by atoms with E-state index in [-0.39, 0.29) is 24.8 Å². The summed E-state index contributed by atoms with van der Waals surface area (Å²) >= 11 is 1.64. The third-order valence-electron chi connectivity index (χ3n) is 4.35. The van der Waals surface area contributed by atoms with Crippen LogP contribution in [0.3, 0.4) is 0 Å². The molecule has 0 atom stereocenters. The first-order valence-electron chi connectivity index (χ1n) is 6.80. The molecule has 1 rings (SSSR count). The Bertz CT molecular complexity index is 325. The average Bonchev–Trinajstić information content (AvgIpc) is 2.56. The SMILES string of the molecule is CCC1=[C]([Zr+2])C(CC)(CC)C(CC)=C1CC.[Cl-].[Cl-]. The van der Waals surface area contributed by atoms with Gasteiger partial charge in [0, 0.05) is 0 Å². The molecule has 0 spiro atoms. The van der Waals surface area contributed by atoms with Crippen LogP contribution in [0.2, 0.25) is 0 Å². The van der Waals surface area contributed by atoms with Gasteiger partial charge in [0.25, 0.3) is 0 Å². The second kappa shape index (κ2) is 8.99. The molecule has 0 aromatic heterocycles. The summed E-state index contributed by atoms with van der Waals surface area (Å²) in [6.45, 7) is 11.7. The Balaban J connectivity index is 0. The standard InChI is InChI=1S/C15H25.2ClH.Zr/c1-6-12-11-15(9-4,10-5)14(8-3)13(12)7-2;;;/h6-10H2,1-5H3;2*1H;/q;;;+2/p-2. The Morgan fingerprint density at radius 1 is 0.778 bits per heavy atom. The van der Waals surface area contributed by atoms with Crippen molar-refractivity contribution in [2.24, 2.45) is 5.41 Å². The summed E-state index contributed by atoms with van der Waals surface area (Å²) in [4.78, 5) is 0. The molecule has 0 N–H and O–H groups in total. The number of rotatable bonds is 5. The molecule has 0 radical (unpaired) electrons. The number of hydrogen-bond donors (Lipinski definition) is 0. The van der Waals surface area contributed by atoms with Crippen LogP contribution in [0.5, 0.6) is 0 Å². The fourth-order valence-corrected chi connectivity index (χ4v) is 5.51. The molecule has 0 saturated heterocycles. The van der Waals surface area contributed by atoms with Crippen LogP contribution < -0.4 is 24.8 Å². The van der Waals surface area contributed by atoms with Crippen LogP contribution in [-0.2, 0) is 24.7 Å². The van der Waals surface area contributed by atoms with Crippen molar-refractivity contribution < 1.29 is 49.5 Å². The summed E-state index contributed by atoms with van der Waals surface area (Å²) in [5.74, 6) is 0. The van der Waals surface area contributed by atoms with E-state index in [1.165, 1.54) is 32.1 Å². The van der Waals surface area contributed by atoms with Crippen molar-refractivity contribution in [1.29, 1.82) is 0 Å². The summed E-state index contributed by atoms with van der Waals surface area (Å²) in [5.41, 5.74) is 5.63. The molecule has 1 aliphatic rings. The molecule has 0 aromatic carbocycles. The zero-order chi connectivity index (χ0) is 12.3. The van der Waals surface area contributed by atoms with E-state index in [1.807, 2.05) is 0 Å². The molecule has 0 bridgehead atoms. The van der Waals surface area contributed by atoms with Crippen LogP contribution >= 0.6 is 0 Å². The second-order valence-electron chi connectivity index (χ2n) is 4.66. The molecular weight excluding hydrogens is 342 g/mol. The number of allylic oxidation sites excluding steroid dienone is 4. The van der Waals surface area contributed by atoms with Gasteiger partial charge < -0.3 is 24.8 Å². The van der Waals surface area contributed by atoms with Crippen molar-refractivity contribution in [3.63, 3.8) is 0 Å².